The van der Waals surface area contributed by atoms with E-state index >= 15 is 0 Å². The van der Waals surface area contributed by atoms with Gasteiger partial charge in [-0.3, -0.25) is 9.78 Å². The highest BCUT2D eigenvalue weighted by atomic mass is 16.5. The lowest BCUT2D eigenvalue weighted by Crippen LogP contribution is -2.21. The number of hydrogen-bond donors (Lipinski definition) is 1. The van der Waals surface area contributed by atoms with Crippen LogP contribution in [0.25, 0.3) is 34.2 Å². The quantitative estimate of drug-likeness (QED) is 0.509. The molecule has 0 radical (unpaired) electrons. The molecule has 4 aromatic rings. The van der Waals surface area contributed by atoms with Crippen molar-refractivity contribution < 1.29 is 9.47 Å². The molecule has 8 heteroatoms. The molecule has 1 aliphatic rings. The van der Waals surface area contributed by atoms with Crippen LogP contribution in [0, 0.1) is 0 Å². The average molecular weight is 419 g/mol. The topological polar surface area (TPSA) is 82.8 Å². The van der Waals surface area contributed by atoms with E-state index in [1.807, 2.05) is 44.0 Å². The van der Waals surface area contributed by atoms with Crippen LogP contribution in [-0.2, 0) is 31.9 Å². The molecule has 3 aromatic heterocycles. The molecule has 1 aliphatic heterocycles. The Bertz CT molecular complexity index is 1280. The zero-order valence-electron chi connectivity index (χ0n) is 18.2. The maximum absolute atomic E-state index is 6.25. The monoisotopic (exact) mass is 418 g/mol. The molecule has 1 N–H and O–H groups in total. The molecular formula is C23H26N6O2. The smallest absolute Gasteiger partial charge is 0.219 e. The number of ether oxygens (including phenoxy) is 2. The fraction of sp³-hybridized carbons (Fsp3) is 0.348. The molecule has 0 saturated heterocycles. The van der Waals surface area contributed by atoms with E-state index in [9.17, 15) is 0 Å². The Hall–Kier alpha value is -3.39. The summed E-state index contributed by atoms with van der Waals surface area (Å²) in [6.45, 7) is 5.04. The summed E-state index contributed by atoms with van der Waals surface area (Å²) >= 11 is 0. The minimum absolute atomic E-state index is 0.134. The maximum Gasteiger partial charge on any atom is 0.219 e. The normalized spacial score (nSPS) is 17.6. The van der Waals surface area contributed by atoms with Gasteiger partial charge in [0, 0.05) is 25.0 Å². The van der Waals surface area contributed by atoms with Crippen molar-refractivity contribution in [2.45, 2.75) is 33.0 Å². The number of benzene rings is 1. The summed E-state index contributed by atoms with van der Waals surface area (Å²) in [6, 6.07) is 6.24. The van der Waals surface area contributed by atoms with Crippen LogP contribution in [0.4, 0.5) is 0 Å². The Morgan fingerprint density at radius 2 is 2.06 bits per heavy atom. The van der Waals surface area contributed by atoms with E-state index < -0.39 is 0 Å². The summed E-state index contributed by atoms with van der Waals surface area (Å²) in [5.74, 6) is 0.723. The predicted octanol–water partition coefficient (Wildman–Crippen LogP) is 3.73. The minimum atomic E-state index is -0.134. The number of aromatic nitrogens is 6. The van der Waals surface area contributed by atoms with Crippen molar-refractivity contribution in [1.82, 2.24) is 29.8 Å². The maximum atomic E-state index is 6.25. The molecule has 0 fully saturated rings. The number of fused-ring (bicyclic) bond motifs is 4. The molecule has 31 heavy (non-hydrogen) atoms. The molecule has 5 rings (SSSR count). The Balaban J connectivity index is 1.68. The molecule has 8 nitrogen and oxygen atoms in total. The molecule has 4 heterocycles. The Labute approximate surface area is 180 Å². The van der Waals surface area contributed by atoms with Crippen molar-refractivity contribution >= 4 is 23.1 Å². The summed E-state index contributed by atoms with van der Waals surface area (Å²) < 4.78 is 16.0. The van der Waals surface area contributed by atoms with Crippen molar-refractivity contribution in [3.63, 3.8) is 0 Å². The first kappa shape index (κ1) is 19.6. The summed E-state index contributed by atoms with van der Waals surface area (Å²) in [5.41, 5.74) is 7.02. The third-order valence-electron chi connectivity index (χ3n) is 5.72. The molecule has 0 aliphatic carbocycles. The van der Waals surface area contributed by atoms with Crippen molar-refractivity contribution in [3.8, 4) is 17.0 Å². The zero-order chi connectivity index (χ0) is 21.5. The first-order valence-electron chi connectivity index (χ1n) is 10.5. The lowest BCUT2D eigenvalue weighted by Gasteiger charge is -2.16. The second-order valence-electron chi connectivity index (χ2n) is 7.92. The van der Waals surface area contributed by atoms with E-state index in [2.05, 4.69) is 45.5 Å². The standard InChI is InChI=1S/C23H26N6O2/c1-5-19-16-7-9-21-17-10-15(6-8-20(17)25-26-21)18-11-24-29(4)23(18)31-14(2)12-30-13-22(16)28(3)27-19/h6-11,14H,5,12-13H2,1-4H3,(H,25,26)/b9-7+/t14-/m0/s1. The van der Waals surface area contributed by atoms with Crippen LogP contribution in [0.5, 0.6) is 5.88 Å². The first-order chi connectivity index (χ1) is 15.0. The van der Waals surface area contributed by atoms with E-state index in [4.69, 9.17) is 9.47 Å². The van der Waals surface area contributed by atoms with E-state index in [1.165, 1.54) is 0 Å². The number of aryl methyl sites for hydroxylation is 3. The van der Waals surface area contributed by atoms with Gasteiger partial charge in [0.25, 0.3) is 0 Å². The number of hydrogen-bond acceptors (Lipinski definition) is 5. The number of nitrogens with zero attached hydrogens (tertiary/aromatic N) is 5. The Kier molecular flexibility index (Phi) is 4.86. The SMILES string of the molecule is CCc1nn(C)c2c1/C=C/c1n[nH]c3ccc(cc13)-c1cnn(C)c1O[C@@H](C)COC2. The van der Waals surface area contributed by atoms with Crippen molar-refractivity contribution in [1.29, 1.82) is 0 Å². The summed E-state index contributed by atoms with van der Waals surface area (Å²) in [4.78, 5) is 0. The second-order valence-corrected chi connectivity index (χ2v) is 7.92. The van der Waals surface area contributed by atoms with Gasteiger partial charge in [-0.2, -0.15) is 15.3 Å². The highest BCUT2D eigenvalue weighted by molar-refractivity contribution is 5.93. The molecular weight excluding hydrogens is 392 g/mol. The van der Waals surface area contributed by atoms with Crippen LogP contribution >= 0.6 is 0 Å². The van der Waals surface area contributed by atoms with E-state index in [-0.39, 0.29) is 6.10 Å². The van der Waals surface area contributed by atoms with Gasteiger partial charge in [0.15, 0.2) is 0 Å². The van der Waals surface area contributed by atoms with E-state index in [0.29, 0.717) is 13.2 Å². The van der Waals surface area contributed by atoms with Crippen molar-refractivity contribution in [2.24, 2.45) is 14.1 Å². The molecule has 0 spiro atoms. The van der Waals surface area contributed by atoms with Gasteiger partial charge in [-0.25, -0.2) is 4.68 Å². The third-order valence-corrected chi connectivity index (χ3v) is 5.72. The molecule has 160 valence electrons. The fourth-order valence-electron chi connectivity index (χ4n) is 4.06. The predicted molar refractivity (Wildman–Crippen MR) is 120 cm³/mol. The first-order valence-corrected chi connectivity index (χ1v) is 10.5. The Morgan fingerprint density at radius 1 is 1.19 bits per heavy atom. The van der Waals surface area contributed by atoms with E-state index in [0.717, 1.165) is 57.0 Å². The van der Waals surface area contributed by atoms with Crippen LogP contribution in [-0.4, -0.2) is 42.5 Å². The largest absolute Gasteiger partial charge is 0.472 e. The number of aromatic amines is 1. The zero-order valence-corrected chi connectivity index (χ0v) is 18.2. The minimum Gasteiger partial charge on any atom is -0.472 e. The van der Waals surface area contributed by atoms with Crippen LogP contribution < -0.4 is 4.74 Å². The van der Waals surface area contributed by atoms with Crippen LogP contribution in [0.2, 0.25) is 0 Å². The van der Waals surface area contributed by atoms with Gasteiger partial charge in [0.1, 0.15) is 6.10 Å². The Morgan fingerprint density at radius 3 is 2.90 bits per heavy atom. The van der Waals surface area contributed by atoms with Gasteiger partial charge in [-0.15, -0.1) is 0 Å². The average Bonchev–Trinajstić information content (AvgIpc) is 3.42. The molecule has 0 unspecified atom stereocenters. The lowest BCUT2D eigenvalue weighted by atomic mass is 10.0. The molecule has 1 atom stereocenters. The van der Waals surface area contributed by atoms with Crippen LogP contribution in [0.1, 0.15) is 36.5 Å². The molecule has 0 amide bonds. The molecule has 1 aromatic carbocycles. The number of H-pyrrole nitrogens is 1. The van der Waals surface area contributed by atoms with Gasteiger partial charge < -0.3 is 9.47 Å². The highest BCUT2D eigenvalue weighted by Gasteiger charge is 2.19. The lowest BCUT2D eigenvalue weighted by molar-refractivity contribution is 0.0430. The summed E-state index contributed by atoms with van der Waals surface area (Å²) in [6.07, 6.45) is 6.70. The van der Waals surface area contributed by atoms with Gasteiger partial charge in [0.2, 0.25) is 5.88 Å². The van der Waals surface area contributed by atoms with Crippen molar-refractivity contribution in [2.75, 3.05) is 6.61 Å². The summed E-state index contributed by atoms with van der Waals surface area (Å²) in [5, 5.41) is 17.8. The van der Waals surface area contributed by atoms with Crippen LogP contribution in [0.15, 0.2) is 24.4 Å². The van der Waals surface area contributed by atoms with Gasteiger partial charge in [-0.1, -0.05) is 13.0 Å². The third kappa shape index (κ3) is 3.42. The highest BCUT2D eigenvalue weighted by Crippen LogP contribution is 2.33. The van der Waals surface area contributed by atoms with Crippen LogP contribution in [0.3, 0.4) is 0 Å². The molecule has 0 saturated carbocycles. The second kappa shape index (κ2) is 7.70. The van der Waals surface area contributed by atoms with Gasteiger partial charge in [0.05, 0.1) is 47.6 Å². The number of nitrogens with one attached hydrogen (secondary N) is 1. The summed E-state index contributed by atoms with van der Waals surface area (Å²) in [7, 11) is 3.85. The molecule has 2 bridgehead atoms. The van der Waals surface area contributed by atoms with Crippen molar-refractivity contribution in [3.05, 3.63) is 47.0 Å². The van der Waals surface area contributed by atoms with Gasteiger partial charge in [-0.05, 0) is 43.2 Å². The van der Waals surface area contributed by atoms with Gasteiger partial charge >= 0.3 is 0 Å². The van der Waals surface area contributed by atoms with E-state index in [1.54, 1.807) is 4.68 Å². The number of rotatable bonds is 1. The fourth-order valence-corrected chi connectivity index (χ4v) is 4.06.